The summed E-state index contributed by atoms with van der Waals surface area (Å²) in [5.41, 5.74) is 1.58. The van der Waals surface area contributed by atoms with Gasteiger partial charge in [-0.15, -0.1) is 0 Å². The number of carbonyl (C=O) groups excluding carboxylic acids is 1. The number of methoxy groups -OCH3 is 1. The van der Waals surface area contributed by atoms with Crippen LogP contribution in [-0.2, 0) is 14.8 Å². The van der Waals surface area contributed by atoms with E-state index in [4.69, 9.17) is 21.1 Å². The number of nitrogens with one attached hydrogen (secondary N) is 1. The van der Waals surface area contributed by atoms with E-state index in [1.807, 2.05) is 20.8 Å². The Bertz CT molecular complexity index is 1240. The van der Waals surface area contributed by atoms with Crippen molar-refractivity contribution in [3.63, 3.8) is 0 Å². The number of ether oxygens (including phenoxy) is 2. The highest BCUT2D eigenvalue weighted by Crippen LogP contribution is 2.35. The molecular formula is C25H27ClN2O5S. The van der Waals surface area contributed by atoms with Crippen LogP contribution >= 0.6 is 11.6 Å². The fraction of sp³-hybridized carbons (Fsp3) is 0.240. The second-order valence-corrected chi connectivity index (χ2v) is 10.2. The van der Waals surface area contributed by atoms with Crippen LogP contribution < -0.4 is 19.1 Å². The van der Waals surface area contributed by atoms with Crippen LogP contribution in [0.25, 0.3) is 0 Å². The van der Waals surface area contributed by atoms with Crippen LogP contribution in [0, 0.1) is 6.92 Å². The fourth-order valence-corrected chi connectivity index (χ4v) is 4.80. The maximum Gasteiger partial charge on any atom is 0.264 e. The average molecular weight is 503 g/mol. The Balaban J connectivity index is 1.93. The molecule has 0 aliphatic rings. The summed E-state index contributed by atoms with van der Waals surface area (Å²) in [6.45, 7) is 5.21. The van der Waals surface area contributed by atoms with Crippen molar-refractivity contribution >= 4 is 38.9 Å². The zero-order chi connectivity index (χ0) is 24.9. The summed E-state index contributed by atoms with van der Waals surface area (Å²) in [6.07, 6.45) is 0.0219. The molecule has 3 rings (SSSR count). The molecule has 0 radical (unpaired) electrons. The van der Waals surface area contributed by atoms with Gasteiger partial charge in [-0.1, -0.05) is 29.3 Å². The zero-order valence-corrected chi connectivity index (χ0v) is 21.0. The first-order valence-electron chi connectivity index (χ1n) is 10.6. The molecule has 0 spiro atoms. The summed E-state index contributed by atoms with van der Waals surface area (Å²) in [5.74, 6) is 0.401. The Morgan fingerprint density at radius 3 is 2.26 bits per heavy atom. The van der Waals surface area contributed by atoms with E-state index < -0.39 is 22.5 Å². The fourth-order valence-electron chi connectivity index (χ4n) is 3.22. The normalized spacial score (nSPS) is 11.2. The lowest BCUT2D eigenvalue weighted by Crippen LogP contribution is -2.38. The van der Waals surface area contributed by atoms with Crippen molar-refractivity contribution < 1.29 is 22.7 Å². The summed E-state index contributed by atoms with van der Waals surface area (Å²) in [6, 6.07) is 17.8. The van der Waals surface area contributed by atoms with Crippen molar-refractivity contribution in [1.82, 2.24) is 0 Å². The summed E-state index contributed by atoms with van der Waals surface area (Å²) in [5, 5.41) is 3.04. The summed E-state index contributed by atoms with van der Waals surface area (Å²) in [7, 11) is -2.69. The van der Waals surface area contributed by atoms with Gasteiger partial charge in [0.15, 0.2) is 0 Å². The van der Waals surface area contributed by atoms with Gasteiger partial charge >= 0.3 is 0 Å². The van der Waals surface area contributed by atoms with Crippen molar-refractivity contribution in [3.05, 3.63) is 77.3 Å². The van der Waals surface area contributed by atoms with Crippen molar-refractivity contribution in [3.8, 4) is 11.5 Å². The summed E-state index contributed by atoms with van der Waals surface area (Å²) < 4.78 is 39.1. The van der Waals surface area contributed by atoms with Gasteiger partial charge in [0.2, 0.25) is 5.91 Å². The molecule has 34 heavy (non-hydrogen) atoms. The van der Waals surface area contributed by atoms with Crippen LogP contribution in [0.1, 0.15) is 19.4 Å². The van der Waals surface area contributed by atoms with Crippen molar-refractivity contribution in [1.29, 1.82) is 0 Å². The molecule has 0 saturated heterocycles. The van der Waals surface area contributed by atoms with Gasteiger partial charge in [-0.3, -0.25) is 9.10 Å². The third-order valence-electron chi connectivity index (χ3n) is 4.82. The molecule has 0 aliphatic carbocycles. The number of carbonyl (C=O) groups is 1. The van der Waals surface area contributed by atoms with E-state index in [0.717, 1.165) is 9.87 Å². The van der Waals surface area contributed by atoms with Crippen LogP contribution in [0.3, 0.4) is 0 Å². The minimum absolute atomic E-state index is 0.0219. The van der Waals surface area contributed by atoms with E-state index in [9.17, 15) is 13.2 Å². The van der Waals surface area contributed by atoms with Crippen molar-refractivity contribution in [2.24, 2.45) is 0 Å². The van der Waals surface area contributed by atoms with Gasteiger partial charge in [-0.25, -0.2) is 8.42 Å². The minimum atomic E-state index is -4.11. The number of nitrogens with zero attached hydrogens (tertiary/aromatic N) is 1. The number of halogens is 1. The lowest BCUT2D eigenvalue weighted by atomic mass is 10.2. The van der Waals surface area contributed by atoms with E-state index in [-0.39, 0.29) is 22.4 Å². The Morgan fingerprint density at radius 1 is 1.03 bits per heavy atom. The second kappa shape index (κ2) is 10.8. The Morgan fingerprint density at radius 2 is 1.68 bits per heavy atom. The quantitative estimate of drug-likeness (QED) is 0.430. The molecule has 0 aliphatic heterocycles. The lowest BCUT2D eigenvalue weighted by molar-refractivity contribution is -0.114. The molecule has 7 nitrogen and oxygen atoms in total. The van der Waals surface area contributed by atoms with Crippen LogP contribution in [0.4, 0.5) is 11.4 Å². The number of sulfonamides is 1. The Hall–Kier alpha value is -3.23. The summed E-state index contributed by atoms with van der Waals surface area (Å²) in [4.78, 5) is 13.0. The van der Waals surface area contributed by atoms with Gasteiger partial charge in [0.25, 0.3) is 10.0 Å². The zero-order valence-electron chi connectivity index (χ0n) is 19.4. The molecule has 3 aromatic carbocycles. The monoisotopic (exact) mass is 502 g/mol. The van der Waals surface area contributed by atoms with E-state index in [1.165, 1.54) is 25.3 Å². The van der Waals surface area contributed by atoms with Gasteiger partial charge < -0.3 is 14.8 Å². The van der Waals surface area contributed by atoms with Gasteiger partial charge in [-0.05, 0) is 75.4 Å². The number of benzene rings is 3. The minimum Gasteiger partial charge on any atom is -0.495 e. The van der Waals surface area contributed by atoms with Gasteiger partial charge in [0.05, 0.1) is 23.8 Å². The SMILES string of the molecule is COc1ccc(Cl)cc1N(CC(=O)Nc1ccc(OC(C)C)cc1)S(=O)(=O)c1ccc(C)cc1. The smallest absolute Gasteiger partial charge is 0.264 e. The molecule has 180 valence electrons. The van der Waals surface area contributed by atoms with Gasteiger partial charge in [0.1, 0.15) is 18.0 Å². The topological polar surface area (TPSA) is 84.9 Å². The third kappa shape index (κ3) is 6.21. The molecule has 0 aromatic heterocycles. The molecule has 0 unspecified atom stereocenters. The molecule has 3 aromatic rings. The highest BCUT2D eigenvalue weighted by Gasteiger charge is 2.29. The predicted molar refractivity (Wildman–Crippen MR) is 135 cm³/mol. The van der Waals surface area contributed by atoms with Gasteiger partial charge in [0, 0.05) is 10.7 Å². The highest BCUT2D eigenvalue weighted by molar-refractivity contribution is 7.92. The third-order valence-corrected chi connectivity index (χ3v) is 6.82. The van der Waals surface area contributed by atoms with E-state index >= 15 is 0 Å². The molecule has 0 saturated carbocycles. The standard InChI is InChI=1S/C25H27ClN2O5S/c1-17(2)33-21-10-8-20(9-11-21)27-25(29)16-28(23-15-19(26)7-14-24(23)32-4)34(30,31)22-12-5-18(3)6-13-22/h5-15,17H,16H2,1-4H3,(H,27,29). The number of amides is 1. The first kappa shape index (κ1) is 25.4. The molecular weight excluding hydrogens is 476 g/mol. The Kier molecular flexibility index (Phi) is 8.06. The first-order valence-corrected chi connectivity index (χ1v) is 12.4. The van der Waals surface area contributed by atoms with E-state index in [0.29, 0.717) is 16.5 Å². The van der Waals surface area contributed by atoms with Crippen LogP contribution in [0.2, 0.25) is 5.02 Å². The number of anilines is 2. The highest BCUT2D eigenvalue weighted by atomic mass is 35.5. The Labute approximate surface area is 205 Å². The molecule has 0 fully saturated rings. The average Bonchev–Trinajstić information content (AvgIpc) is 2.78. The molecule has 0 bridgehead atoms. The lowest BCUT2D eigenvalue weighted by Gasteiger charge is -2.26. The summed E-state index contributed by atoms with van der Waals surface area (Å²) >= 11 is 6.16. The molecule has 0 heterocycles. The van der Waals surface area contributed by atoms with Crippen LogP contribution in [-0.4, -0.2) is 34.1 Å². The maximum absolute atomic E-state index is 13.6. The van der Waals surface area contributed by atoms with E-state index in [2.05, 4.69) is 5.32 Å². The van der Waals surface area contributed by atoms with Crippen molar-refractivity contribution in [2.45, 2.75) is 31.8 Å². The predicted octanol–water partition coefficient (Wildman–Crippen LogP) is 5.28. The maximum atomic E-state index is 13.6. The van der Waals surface area contributed by atoms with Gasteiger partial charge in [-0.2, -0.15) is 0 Å². The number of rotatable bonds is 9. The molecule has 1 N–H and O–H groups in total. The number of hydrogen-bond donors (Lipinski definition) is 1. The molecule has 9 heteroatoms. The molecule has 0 atom stereocenters. The molecule has 1 amide bonds. The second-order valence-electron chi connectivity index (χ2n) is 7.88. The van der Waals surface area contributed by atoms with E-state index in [1.54, 1.807) is 48.5 Å². The van der Waals surface area contributed by atoms with Crippen LogP contribution in [0.15, 0.2) is 71.6 Å². The van der Waals surface area contributed by atoms with Crippen LogP contribution in [0.5, 0.6) is 11.5 Å². The van der Waals surface area contributed by atoms with Crippen molar-refractivity contribution in [2.75, 3.05) is 23.3 Å². The first-order chi connectivity index (χ1) is 16.1. The largest absolute Gasteiger partial charge is 0.495 e. The number of aryl methyl sites for hydroxylation is 1. The number of hydrogen-bond acceptors (Lipinski definition) is 5.